The summed E-state index contributed by atoms with van der Waals surface area (Å²) in [7, 11) is 1.73. The van der Waals surface area contributed by atoms with E-state index in [1.54, 1.807) is 11.6 Å². The van der Waals surface area contributed by atoms with Crippen LogP contribution in [0.1, 0.15) is 16.2 Å². The lowest BCUT2D eigenvalue weighted by atomic mass is 10.1. The van der Waals surface area contributed by atoms with Crippen LogP contribution < -0.4 is 4.74 Å². The van der Waals surface area contributed by atoms with Crippen molar-refractivity contribution in [3.63, 3.8) is 0 Å². The van der Waals surface area contributed by atoms with Gasteiger partial charge in [0.25, 0.3) is 5.69 Å². The summed E-state index contributed by atoms with van der Waals surface area (Å²) < 4.78 is 6.99. The van der Waals surface area contributed by atoms with Gasteiger partial charge in [-0.3, -0.25) is 10.1 Å². The zero-order valence-corrected chi connectivity index (χ0v) is 10.4. The third-order valence-corrected chi connectivity index (χ3v) is 2.57. The molecule has 1 heterocycles. The number of carboxylic acid groups (broad SMARTS) is 1. The van der Waals surface area contributed by atoms with Crippen molar-refractivity contribution in [3.8, 4) is 5.75 Å². The third-order valence-electron chi connectivity index (χ3n) is 2.57. The monoisotopic (exact) mass is 278 g/mol. The summed E-state index contributed by atoms with van der Waals surface area (Å²) in [6, 6.07) is 3.53. The Labute approximate surface area is 112 Å². The van der Waals surface area contributed by atoms with Crippen molar-refractivity contribution in [3.05, 3.63) is 46.0 Å². The molecular weight excluding hydrogens is 268 g/mol. The molecule has 104 valence electrons. The van der Waals surface area contributed by atoms with Crippen LogP contribution in [-0.2, 0) is 13.7 Å². The van der Waals surface area contributed by atoms with Crippen LogP contribution >= 0.6 is 0 Å². The van der Waals surface area contributed by atoms with Crippen molar-refractivity contribution in [2.75, 3.05) is 0 Å². The number of ether oxygens (including phenoxy) is 1. The average molecular weight is 278 g/mol. The van der Waals surface area contributed by atoms with Gasteiger partial charge >= 0.3 is 5.97 Å². The molecule has 0 amide bonds. The molecule has 1 aromatic heterocycles. The Hall–Kier alpha value is -2.97. The summed E-state index contributed by atoms with van der Waals surface area (Å²) >= 11 is 0. The van der Waals surface area contributed by atoms with Gasteiger partial charge in [-0.15, -0.1) is 10.2 Å². The molecule has 1 N–H and O–H groups in total. The van der Waals surface area contributed by atoms with Crippen LogP contribution in [0.2, 0.25) is 0 Å². The molecule has 0 aliphatic carbocycles. The van der Waals surface area contributed by atoms with Gasteiger partial charge in [-0.25, -0.2) is 4.79 Å². The summed E-state index contributed by atoms with van der Waals surface area (Å²) in [5.74, 6) is -0.642. The van der Waals surface area contributed by atoms with Crippen molar-refractivity contribution < 1.29 is 19.6 Å². The summed E-state index contributed by atoms with van der Waals surface area (Å²) in [5.41, 5.74) is -0.908. The van der Waals surface area contributed by atoms with Gasteiger partial charge in [0.1, 0.15) is 24.2 Å². The number of carbonyl (C=O) groups is 1. The second kappa shape index (κ2) is 5.34. The van der Waals surface area contributed by atoms with Crippen LogP contribution in [0.15, 0.2) is 24.5 Å². The van der Waals surface area contributed by atoms with E-state index in [4.69, 9.17) is 9.84 Å². The highest BCUT2D eigenvalue weighted by Gasteiger charge is 2.20. The van der Waals surface area contributed by atoms with Crippen molar-refractivity contribution in [1.82, 2.24) is 14.8 Å². The number of hydrogen-bond donors (Lipinski definition) is 1. The highest BCUT2D eigenvalue weighted by molar-refractivity contribution is 5.92. The molecule has 9 heteroatoms. The summed E-state index contributed by atoms with van der Waals surface area (Å²) in [5, 5.41) is 27.1. The Kier molecular flexibility index (Phi) is 3.60. The minimum atomic E-state index is -1.39. The fourth-order valence-corrected chi connectivity index (χ4v) is 1.52. The lowest BCUT2D eigenvalue weighted by Gasteiger charge is -2.06. The SMILES string of the molecule is Cn1cnnc1COc1ccc([N+](=O)[O-])c(C(=O)O)c1. The molecule has 0 atom stereocenters. The summed E-state index contributed by atoms with van der Waals surface area (Å²) in [4.78, 5) is 20.9. The maximum atomic E-state index is 11.0. The fraction of sp³-hybridized carbons (Fsp3) is 0.182. The van der Waals surface area contributed by atoms with Gasteiger partial charge in [0.05, 0.1) is 4.92 Å². The molecule has 2 aromatic rings. The van der Waals surface area contributed by atoms with Gasteiger partial charge < -0.3 is 14.4 Å². The Balaban J connectivity index is 2.21. The molecule has 9 nitrogen and oxygen atoms in total. The van der Waals surface area contributed by atoms with Crippen LogP contribution in [0.3, 0.4) is 0 Å². The number of nitrogens with zero attached hydrogens (tertiary/aromatic N) is 4. The first kappa shape index (κ1) is 13.5. The van der Waals surface area contributed by atoms with E-state index in [1.165, 1.54) is 12.4 Å². The second-order valence-electron chi connectivity index (χ2n) is 3.89. The molecule has 20 heavy (non-hydrogen) atoms. The predicted molar refractivity (Wildman–Crippen MR) is 65.4 cm³/mol. The first-order chi connectivity index (χ1) is 9.49. The Morgan fingerprint density at radius 2 is 2.30 bits per heavy atom. The number of aromatic carboxylic acids is 1. The number of aromatic nitrogens is 3. The quantitative estimate of drug-likeness (QED) is 0.639. The van der Waals surface area contributed by atoms with E-state index in [0.717, 1.165) is 12.1 Å². The molecule has 0 bridgehead atoms. The zero-order valence-electron chi connectivity index (χ0n) is 10.4. The maximum Gasteiger partial charge on any atom is 0.342 e. The smallest absolute Gasteiger partial charge is 0.342 e. The molecule has 0 fully saturated rings. The molecule has 1 aromatic carbocycles. The average Bonchev–Trinajstić information content (AvgIpc) is 2.81. The molecule has 2 rings (SSSR count). The first-order valence-electron chi connectivity index (χ1n) is 5.46. The van der Waals surface area contributed by atoms with Crippen molar-refractivity contribution in [2.24, 2.45) is 7.05 Å². The molecular formula is C11H10N4O5. The molecule has 0 radical (unpaired) electrons. The van der Waals surface area contributed by atoms with Gasteiger partial charge in [0.15, 0.2) is 5.82 Å². The maximum absolute atomic E-state index is 11.0. The summed E-state index contributed by atoms with van der Waals surface area (Å²) in [6.07, 6.45) is 1.50. The van der Waals surface area contributed by atoms with E-state index in [2.05, 4.69) is 10.2 Å². The van der Waals surface area contributed by atoms with Crippen LogP contribution in [0, 0.1) is 10.1 Å². The van der Waals surface area contributed by atoms with E-state index < -0.39 is 22.1 Å². The molecule has 0 unspecified atom stereocenters. The topological polar surface area (TPSA) is 120 Å². The number of nitro benzene ring substituents is 1. The van der Waals surface area contributed by atoms with E-state index in [1.807, 2.05) is 0 Å². The summed E-state index contributed by atoms with van der Waals surface area (Å²) in [6.45, 7) is 0.0768. The number of benzene rings is 1. The first-order valence-corrected chi connectivity index (χ1v) is 5.46. The fourth-order valence-electron chi connectivity index (χ4n) is 1.52. The second-order valence-corrected chi connectivity index (χ2v) is 3.89. The standard InChI is InChI=1S/C11H10N4O5/c1-14-6-12-13-10(14)5-20-7-2-3-9(15(18)19)8(4-7)11(16)17/h2-4,6H,5H2,1H3,(H,16,17). The highest BCUT2D eigenvalue weighted by Crippen LogP contribution is 2.24. The van der Waals surface area contributed by atoms with Gasteiger partial charge in [0.2, 0.25) is 0 Å². The Bertz CT molecular complexity index is 667. The lowest BCUT2D eigenvalue weighted by molar-refractivity contribution is -0.385. The lowest BCUT2D eigenvalue weighted by Crippen LogP contribution is -2.06. The third kappa shape index (κ3) is 2.71. The van der Waals surface area contributed by atoms with Crippen molar-refractivity contribution in [2.45, 2.75) is 6.61 Å². The van der Waals surface area contributed by atoms with Crippen LogP contribution in [-0.4, -0.2) is 30.8 Å². The van der Waals surface area contributed by atoms with Crippen LogP contribution in [0.4, 0.5) is 5.69 Å². The molecule has 0 aliphatic heterocycles. The number of hydrogen-bond acceptors (Lipinski definition) is 6. The number of aryl methyl sites for hydroxylation is 1. The molecule has 0 saturated heterocycles. The molecule has 0 aliphatic rings. The van der Waals surface area contributed by atoms with E-state index in [0.29, 0.717) is 5.82 Å². The minimum absolute atomic E-state index is 0.0768. The largest absolute Gasteiger partial charge is 0.486 e. The molecule has 0 saturated carbocycles. The predicted octanol–water partition coefficient (Wildman–Crippen LogP) is 1.00. The van der Waals surface area contributed by atoms with Crippen molar-refractivity contribution in [1.29, 1.82) is 0 Å². The van der Waals surface area contributed by atoms with Crippen LogP contribution in [0.25, 0.3) is 0 Å². The van der Waals surface area contributed by atoms with Crippen LogP contribution in [0.5, 0.6) is 5.75 Å². The number of nitro groups is 1. The highest BCUT2D eigenvalue weighted by atomic mass is 16.6. The van der Waals surface area contributed by atoms with E-state index >= 15 is 0 Å². The van der Waals surface area contributed by atoms with E-state index in [-0.39, 0.29) is 12.4 Å². The zero-order chi connectivity index (χ0) is 14.7. The van der Waals surface area contributed by atoms with Gasteiger partial charge in [0, 0.05) is 19.2 Å². The number of rotatable bonds is 5. The van der Waals surface area contributed by atoms with E-state index in [9.17, 15) is 14.9 Å². The van der Waals surface area contributed by atoms with Gasteiger partial charge in [-0.1, -0.05) is 0 Å². The Morgan fingerprint density at radius 3 is 2.85 bits per heavy atom. The van der Waals surface area contributed by atoms with Crippen molar-refractivity contribution >= 4 is 11.7 Å². The van der Waals surface area contributed by atoms with Gasteiger partial charge in [-0.2, -0.15) is 0 Å². The number of carboxylic acids is 1. The van der Waals surface area contributed by atoms with Gasteiger partial charge in [-0.05, 0) is 6.07 Å². The normalized spacial score (nSPS) is 10.2. The Morgan fingerprint density at radius 1 is 1.55 bits per heavy atom. The molecule has 0 spiro atoms. The minimum Gasteiger partial charge on any atom is -0.486 e.